The van der Waals surface area contributed by atoms with E-state index in [4.69, 9.17) is 9.47 Å². The average Bonchev–Trinajstić information content (AvgIpc) is 3.23. The normalized spacial score (nSPS) is 15.1. The van der Waals surface area contributed by atoms with Crippen LogP contribution in [-0.2, 0) is 11.3 Å². The highest BCUT2D eigenvalue weighted by Gasteiger charge is 2.33. The third-order valence-electron chi connectivity index (χ3n) is 5.50. The summed E-state index contributed by atoms with van der Waals surface area (Å²) in [6.45, 7) is 0.252. The molecule has 0 bridgehead atoms. The summed E-state index contributed by atoms with van der Waals surface area (Å²) in [7, 11) is 3.05. The number of aliphatic hydroxyl groups excluding tert-OH is 1. The van der Waals surface area contributed by atoms with E-state index in [0.29, 0.717) is 23.7 Å². The first-order chi connectivity index (χ1) is 14.0. The minimum absolute atomic E-state index is 0.0512. The van der Waals surface area contributed by atoms with E-state index >= 15 is 0 Å². The van der Waals surface area contributed by atoms with Gasteiger partial charge in [-0.3, -0.25) is 9.59 Å². The zero-order valence-electron chi connectivity index (χ0n) is 16.8. The van der Waals surface area contributed by atoms with Gasteiger partial charge in [0.05, 0.1) is 20.8 Å². The molecule has 2 N–H and O–H groups in total. The van der Waals surface area contributed by atoms with Gasteiger partial charge in [-0.2, -0.15) is 5.10 Å². The predicted molar refractivity (Wildman–Crippen MR) is 108 cm³/mol. The molecule has 29 heavy (non-hydrogen) atoms. The highest BCUT2D eigenvalue weighted by Crippen LogP contribution is 2.36. The first-order valence-electron chi connectivity index (χ1n) is 9.68. The summed E-state index contributed by atoms with van der Waals surface area (Å²) in [5.41, 5.74) is 0.529. The van der Waals surface area contributed by atoms with Crippen LogP contribution in [0.25, 0.3) is 11.3 Å². The van der Waals surface area contributed by atoms with Crippen molar-refractivity contribution in [3.63, 3.8) is 0 Å². The van der Waals surface area contributed by atoms with E-state index in [2.05, 4.69) is 10.4 Å². The van der Waals surface area contributed by atoms with Gasteiger partial charge in [-0.1, -0.05) is 12.8 Å². The van der Waals surface area contributed by atoms with Crippen molar-refractivity contribution in [2.75, 3.05) is 27.4 Å². The molecule has 8 nitrogen and oxygen atoms in total. The SMILES string of the molecule is COc1ccc(-c2nn(CC(=O)NCC3(CO)CCCC3)c(=O)cc2OC)cc1. The molecule has 0 atom stereocenters. The van der Waals surface area contributed by atoms with Crippen LogP contribution in [-0.4, -0.2) is 48.2 Å². The second kappa shape index (κ2) is 9.09. The first kappa shape index (κ1) is 20.9. The number of benzene rings is 1. The maximum atomic E-state index is 12.4. The molecule has 0 unspecified atom stereocenters. The molecule has 1 heterocycles. The lowest BCUT2D eigenvalue weighted by Gasteiger charge is -2.26. The summed E-state index contributed by atoms with van der Waals surface area (Å²) < 4.78 is 11.6. The number of hydrogen-bond acceptors (Lipinski definition) is 6. The average molecular weight is 401 g/mol. The quantitative estimate of drug-likeness (QED) is 0.697. The highest BCUT2D eigenvalue weighted by molar-refractivity contribution is 5.75. The van der Waals surface area contributed by atoms with Crippen molar-refractivity contribution in [3.05, 3.63) is 40.7 Å². The predicted octanol–water partition coefficient (Wildman–Crippen LogP) is 1.60. The fraction of sp³-hybridized carbons (Fsp3) is 0.476. The van der Waals surface area contributed by atoms with Gasteiger partial charge in [0.15, 0.2) is 5.75 Å². The molecule has 156 valence electrons. The Hall–Kier alpha value is -2.87. The number of carbonyl (C=O) groups excluding carboxylic acids is 1. The Bertz CT molecular complexity index is 902. The molecular weight excluding hydrogens is 374 g/mol. The Balaban J connectivity index is 1.78. The van der Waals surface area contributed by atoms with Gasteiger partial charge >= 0.3 is 0 Å². The van der Waals surface area contributed by atoms with Gasteiger partial charge in [-0.25, -0.2) is 4.68 Å². The van der Waals surface area contributed by atoms with E-state index in [0.717, 1.165) is 35.9 Å². The van der Waals surface area contributed by atoms with Crippen LogP contribution in [0.4, 0.5) is 0 Å². The monoisotopic (exact) mass is 401 g/mol. The molecule has 1 aromatic heterocycles. The minimum atomic E-state index is -0.424. The number of carbonyl (C=O) groups is 1. The fourth-order valence-electron chi connectivity index (χ4n) is 3.69. The first-order valence-corrected chi connectivity index (χ1v) is 9.68. The minimum Gasteiger partial charge on any atom is -0.497 e. The van der Waals surface area contributed by atoms with Crippen LogP contribution in [0, 0.1) is 5.41 Å². The summed E-state index contributed by atoms with van der Waals surface area (Å²) in [5.74, 6) is 0.720. The van der Waals surface area contributed by atoms with Crippen molar-refractivity contribution in [2.45, 2.75) is 32.2 Å². The Morgan fingerprint density at radius 2 is 1.90 bits per heavy atom. The van der Waals surface area contributed by atoms with Crippen molar-refractivity contribution in [1.82, 2.24) is 15.1 Å². The number of amides is 1. The zero-order valence-corrected chi connectivity index (χ0v) is 16.8. The standard InChI is InChI=1S/C21H27N3O5/c1-28-16-7-5-15(6-8-16)20-17(29-2)11-19(27)24(23-20)12-18(26)22-13-21(14-25)9-3-4-10-21/h5-8,11,25H,3-4,9-10,12-14H2,1-2H3,(H,22,26). The van der Waals surface area contributed by atoms with E-state index in [-0.39, 0.29) is 24.5 Å². The van der Waals surface area contributed by atoms with Crippen LogP contribution in [0.3, 0.4) is 0 Å². The Morgan fingerprint density at radius 3 is 2.48 bits per heavy atom. The van der Waals surface area contributed by atoms with Crippen molar-refractivity contribution < 1.29 is 19.4 Å². The van der Waals surface area contributed by atoms with Crippen LogP contribution in [0.1, 0.15) is 25.7 Å². The summed E-state index contributed by atoms with van der Waals surface area (Å²) in [6.07, 6.45) is 3.90. The van der Waals surface area contributed by atoms with Crippen molar-refractivity contribution >= 4 is 5.91 Å². The van der Waals surface area contributed by atoms with Gasteiger partial charge < -0.3 is 19.9 Å². The van der Waals surface area contributed by atoms with E-state index < -0.39 is 5.56 Å². The van der Waals surface area contributed by atoms with Crippen LogP contribution in [0.15, 0.2) is 35.1 Å². The Morgan fingerprint density at radius 1 is 1.21 bits per heavy atom. The number of aliphatic hydroxyl groups is 1. The van der Waals surface area contributed by atoms with Gasteiger partial charge in [0.1, 0.15) is 18.0 Å². The molecule has 0 saturated heterocycles. The third kappa shape index (κ3) is 4.76. The topological polar surface area (TPSA) is 103 Å². The summed E-state index contributed by atoms with van der Waals surface area (Å²) in [4.78, 5) is 24.8. The fourth-order valence-corrected chi connectivity index (χ4v) is 3.69. The molecule has 0 radical (unpaired) electrons. The maximum Gasteiger partial charge on any atom is 0.270 e. The second-order valence-electron chi connectivity index (χ2n) is 7.43. The van der Waals surface area contributed by atoms with Gasteiger partial charge in [-0.05, 0) is 37.1 Å². The van der Waals surface area contributed by atoms with Gasteiger partial charge in [0.25, 0.3) is 5.56 Å². The molecule has 1 amide bonds. The Labute approximate surface area is 169 Å². The maximum absolute atomic E-state index is 12.4. The van der Waals surface area contributed by atoms with Crippen molar-refractivity contribution in [3.8, 4) is 22.8 Å². The molecule has 8 heteroatoms. The number of methoxy groups -OCH3 is 2. The smallest absolute Gasteiger partial charge is 0.270 e. The number of nitrogens with zero attached hydrogens (tertiary/aromatic N) is 2. The molecule has 1 aliphatic rings. The number of hydrogen-bond donors (Lipinski definition) is 2. The molecule has 0 aliphatic heterocycles. The van der Waals surface area contributed by atoms with Crippen LogP contribution >= 0.6 is 0 Å². The number of aromatic nitrogens is 2. The van der Waals surface area contributed by atoms with Crippen LogP contribution in [0.2, 0.25) is 0 Å². The van der Waals surface area contributed by atoms with Gasteiger partial charge in [0.2, 0.25) is 5.91 Å². The lowest BCUT2D eigenvalue weighted by Crippen LogP contribution is -2.41. The molecule has 2 aromatic rings. The highest BCUT2D eigenvalue weighted by atomic mass is 16.5. The molecule has 0 spiro atoms. The molecule has 3 rings (SSSR count). The van der Waals surface area contributed by atoms with E-state index in [1.807, 2.05) is 12.1 Å². The second-order valence-corrected chi connectivity index (χ2v) is 7.43. The zero-order chi connectivity index (χ0) is 20.9. The lowest BCUT2D eigenvalue weighted by atomic mass is 9.87. The molecular formula is C21H27N3O5. The van der Waals surface area contributed by atoms with E-state index in [1.54, 1.807) is 19.2 Å². The number of nitrogens with one attached hydrogen (secondary N) is 1. The number of ether oxygens (including phenoxy) is 2. The summed E-state index contributed by atoms with van der Waals surface area (Å²) in [5, 5.41) is 16.9. The molecule has 1 aromatic carbocycles. The molecule has 1 saturated carbocycles. The van der Waals surface area contributed by atoms with Crippen LogP contribution in [0.5, 0.6) is 11.5 Å². The van der Waals surface area contributed by atoms with E-state index in [9.17, 15) is 14.7 Å². The van der Waals surface area contributed by atoms with Gasteiger partial charge in [-0.15, -0.1) is 0 Å². The largest absolute Gasteiger partial charge is 0.497 e. The molecule has 1 fully saturated rings. The molecule has 1 aliphatic carbocycles. The van der Waals surface area contributed by atoms with Crippen molar-refractivity contribution in [2.24, 2.45) is 5.41 Å². The van der Waals surface area contributed by atoms with Gasteiger partial charge in [0, 0.05) is 23.6 Å². The van der Waals surface area contributed by atoms with E-state index in [1.165, 1.54) is 13.2 Å². The summed E-state index contributed by atoms with van der Waals surface area (Å²) >= 11 is 0. The summed E-state index contributed by atoms with van der Waals surface area (Å²) in [6, 6.07) is 8.52. The Kier molecular flexibility index (Phi) is 6.53. The van der Waals surface area contributed by atoms with Crippen LogP contribution < -0.4 is 20.3 Å². The lowest BCUT2D eigenvalue weighted by molar-refractivity contribution is -0.122. The number of rotatable bonds is 8. The third-order valence-corrected chi connectivity index (χ3v) is 5.50. The van der Waals surface area contributed by atoms with Crippen molar-refractivity contribution in [1.29, 1.82) is 0 Å².